The van der Waals surface area contributed by atoms with Gasteiger partial charge >= 0.3 is 6.01 Å². The van der Waals surface area contributed by atoms with Gasteiger partial charge < -0.3 is 24.8 Å². The van der Waals surface area contributed by atoms with Crippen molar-refractivity contribution in [3.63, 3.8) is 0 Å². The molecule has 0 aromatic carbocycles. The van der Waals surface area contributed by atoms with E-state index in [1.807, 2.05) is 0 Å². The third-order valence-corrected chi connectivity index (χ3v) is 3.40. The minimum absolute atomic E-state index is 0.278. The molecule has 1 aromatic heterocycles. The Bertz CT molecular complexity index is 451. The number of anilines is 2. The summed E-state index contributed by atoms with van der Waals surface area (Å²) in [4.78, 5) is 12.7. The van der Waals surface area contributed by atoms with Gasteiger partial charge in [0.15, 0.2) is 0 Å². The zero-order valence-corrected chi connectivity index (χ0v) is 12.8. The summed E-state index contributed by atoms with van der Waals surface area (Å²) in [6.45, 7) is 4.72. The lowest BCUT2D eigenvalue weighted by molar-refractivity contribution is -0.00632. The molecule has 1 unspecified atom stereocenters. The fraction of sp³-hybridized carbons (Fsp3) is 0.769. The number of aromatic nitrogens is 3. The van der Waals surface area contributed by atoms with Crippen LogP contribution in [-0.2, 0) is 9.47 Å². The maximum absolute atomic E-state index is 5.57. The molecule has 1 aromatic rings. The molecule has 2 N–H and O–H groups in total. The van der Waals surface area contributed by atoms with Crippen molar-refractivity contribution in [1.29, 1.82) is 0 Å². The lowest BCUT2D eigenvalue weighted by Crippen LogP contribution is -2.40. The first kappa shape index (κ1) is 15.7. The van der Waals surface area contributed by atoms with Gasteiger partial charge in [0.05, 0.1) is 13.7 Å². The van der Waals surface area contributed by atoms with Gasteiger partial charge in [-0.25, -0.2) is 0 Å². The molecule has 0 aliphatic carbocycles. The van der Waals surface area contributed by atoms with E-state index in [4.69, 9.17) is 14.2 Å². The van der Waals surface area contributed by atoms with E-state index in [0.717, 1.165) is 19.4 Å². The molecule has 8 heteroatoms. The SMILES string of the molecule is CCCNc1nc(NCC2(OC)CCOC2)nc(OC)n1. The summed E-state index contributed by atoms with van der Waals surface area (Å²) in [6.07, 6.45) is 1.83. The Morgan fingerprint density at radius 3 is 2.52 bits per heavy atom. The standard InChI is InChI=1S/C13H23N5O3/c1-4-6-14-10-16-11(18-12(17-10)19-2)15-8-13(20-3)5-7-21-9-13/h4-9H2,1-3H3,(H2,14,15,16,17,18). The Labute approximate surface area is 124 Å². The molecule has 1 aliphatic rings. The Balaban J connectivity index is 2.04. The van der Waals surface area contributed by atoms with Gasteiger partial charge in [-0.15, -0.1) is 0 Å². The van der Waals surface area contributed by atoms with E-state index in [1.54, 1.807) is 7.11 Å². The number of ether oxygens (including phenoxy) is 3. The zero-order chi connectivity index (χ0) is 15.1. The normalized spacial score (nSPS) is 21.3. The summed E-state index contributed by atoms with van der Waals surface area (Å²) in [5, 5.41) is 6.31. The molecule has 1 saturated heterocycles. The van der Waals surface area contributed by atoms with Crippen LogP contribution in [0.15, 0.2) is 0 Å². The molecule has 8 nitrogen and oxygen atoms in total. The number of methoxy groups -OCH3 is 2. The van der Waals surface area contributed by atoms with Crippen molar-refractivity contribution in [2.45, 2.75) is 25.4 Å². The predicted octanol–water partition coefficient (Wildman–Crippen LogP) is 0.919. The van der Waals surface area contributed by atoms with E-state index in [-0.39, 0.29) is 11.6 Å². The summed E-state index contributed by atoms with van der Waals surface area (Å²) < 4.78 is 16.1. The first-order valence-electron chi connectivity index (χ1n) is 7.12. The van der Waals surface area contributed by atoms with Crippen LogP contribution in [0, 0.1) is 0 Å². The zero-order valence-electron chi connectivity index (χ0n) is 12.8. The van der Waals surface area contributed by atoms with E-state index >= 15 is 0 Å². The van der Waals surface area contributed by atoms with Gasteiger partial charge in [0.25, 0.3) is 0 Å². The average molecular weight is 297 g/mol. The Morgan fingerprint density at radius 1 is 1.19 bits per heavy atom. The molecule has 1 fully saturated rings. The second-order valence-electron chi connectivity index (χ2n) is 4.94. The Kier molecular flexibility index (Phi) is 5.51. The first-order valence-corrected chi connectivity index (χ1v) is 7.12. The highest BCUT2D eigenvalue weighted by Gasteiger charge is 2.35. The molecule has 118 valence electrons. The van der Waals surface area contributed by atoms with Crippen molar-refractivity contribution in [2.24, 2.45) is 0 Å². The van der Waals surface area contributed by atoms with Crippen molar-refractivity contribution in [3.05, 3.63) is 0 Å². The number of hydrogen-bond acceptors (Lipinski definition) is 8. The van der Waals surface area contributed by atoms with E-state index in [1.165, 1.54) is 7.11 Å². The summed E-state index contributed by atoms with van der Waals surface area (Å²) in [6, 6.07) is 0.278. The number of rotatable bonds is 8. The lowest BCUT2D eigenvalue weighted by atomic mass is 10.0. The molecule has 1 aliphatic heterocycles. The highest BCUT2D eigenvalue weighted by Crippen LogP contribution is 2.23. The van der Waals surface area contributed by atoms with Crippen LogP contribution in [0.1, 0.15) is 19.8 Å². The lowest BCUT2D eigenvalue weighted by Gasteiger charge is -2.25. The predicted molar refractivity (Wildman–Crippen MR) is 78.8 cm³/mol. The maximum atomic E-state index is 5.57. The van der Waals surface area contributed by atoms with Gasteiger partial charge in [0.1, 0.15) is 5.60 Å². The molecular weight excluding hydrogens is 274 g/mol. The van der Waals surface area contributed by atoms with E-state index in [9.17, 15) is 0 Å². The molecule has 0 spiro atoms. The van der Waals surface area contributed by atoms with Crippen LogP contribution in [-0.4, -0.2) is 61.1 Å². The highest BCUT2D eigenvalue weighted by atomic mass is 16.5. The van der Waals surface area contributed by atoms with Crippen LogP contribution in [0.2, 0.25) is 0 Å². The minimum atomic E-state index is -0.323. The molecule has 2 heterocycles. The molecule has 0 radical (unpaired) electrons. The van der Waals surface area contributed by atoms with Gasteiger partial charge in [-0.05, 0) is 6.42 Å². The molecule has 0 saturated carbocycles. The Morgan fingerprint density at radius 2 is 1.95 bits per heavy atom. The van der Waals surface area contributed by atoms with E-state index in [2.05, 4.69) is 32.5 Å². The topological polar surface area (TPSA) is 90.4 Å². The van der Waals surface area contributed by atoms with Gasteiger partial charge in [-0.3, -0.25) is 0 Å². The fourth-order valence-electron chi connectivity index (χ4n) is 2.04. The molecule has 1 atom stereocenters. The van der Waals surface area contributed by atoms with Crippen molar-refractivity contribution >= 4 is 11.9 Å². The van der Waals surface area contributed by atoms with Crippen molar-refractivity contribution in [3.8, 4) is 6.01 Å². The third-order valence-electron chi connectivity index (χ3n) is 3.40. The highest BCUT2D eigenvalue weighted by molar-refractivity contribution is 5.36. The second kappa shape index (κ2) is 7.37. The average Bonchev–Trinajstić information content (AvgIpc) is 3.00. The molecule has 0 bridgehead atoms. The number of hydrogen-bond donors (Lipinski definition) is 2. The van der Waals surface area contributed by atoms with Crippen LogP contribution < -0.4 is 15.4 Å². The van der Waals surface area contributed by atoms with Crippen molar-refractivity contribution in [1.82, 2.24) is 15.0 Å². The molecular formula is C13H23N5O3. The second-order valence-corrected chi connectivity index (χ2v) is 4.94. The Hall–Kier alpha value is -1.67. The summed E-state index contributed by atoms with van der Waals surface area (Å²) in [5.74, 6) is 0.962. The summed E-state index contributed by atoms with van der Waals surface area (Å²) in [5.41, 5.74) is -0.323. The van der Waals surface area contributed by atoms with E-state index < -0.39 is 0 Å². The van der Waals surface area contributed by atoms with Crippen molar-refractivity contribution in [2.75, 3.05) is 51.2 Å². The smallest absolute Gasteiger partial charge is 0.322 e. The molecule has 21 heavy (non-hydrogen) atoms. The summed E-state index contributed by atoms with van der Waals surface area (Å²) >= 11 is 0. The minimum Gasteiger partial charge on any atom is -0.467 e. The van der Waals surface area contributed by atoms with Gasteiger partial charge in [0.2, 0.25) is 11.9 Å². The van der Waals surface area contributed by atoms with Crippen molar-refractivity contribution < 1.29 is 14.2 Å². The third kappa shape index (κ3) is 4.15. The van der Waals surface area contributed by atoms with Crippen LogP contribution in [0.5, 0.6) is 6.01 Å². The first-order chi connectivity index (χ1) is 10.2. The quantitative estimate of drug-likeness (QED) is 0.732. The van der Waals surface area contributed by atoms with Crippen LogP contribution >= 0.6 is 0 Å². The van der Waals surface area contributed by atoms with E-state index in [0.29, 0.717) is 31.7 Å². The van der Waals surface area contributed by atoms with Crippen LogP contribution in [0.4, 0.5) is 11.9 Å². The molecule has 0 amide bonds. The van der Waals surface area contributed by atoms with Gasteiger partial charge in [-0.1, -0.05) is 6.92 Å². The fourth-order valence-corrected chi connectivity index (χ4v) is 2.04. The van der Waals surface area contributed by atoms with Crippen LogP contribution in [0.25, 0.3) is 0 Å². The molecule has 2 rings (SSSR count). The van der Waals surface area contributed by atoms with Crippen LogP contribution in [0.3, 0.4) is 0 Å². The maximum Gasteiger partial charge on any atom is 0.322 e. The monoisotopic (exact) mass is 297 g/mol. The largest absolute Gasteiger partial charge is 0.467 e. The number of nitrogens with one attached hydrogen (secondary N) is 2. The van der Waals surface area contributed by atoms with Gasteiger partial charge in [-0.2, -0.15) is 15.0 Å². The van der Waals surface area contributed by atoms with Gasteiger partial charge in [0, 0.05) is 33.2 Å². The summed E-state index contributed by atoms with van der Waals surface area (Å²) in [7, 11) is 3.22. The number of nitrogens with zero attached hydrogens (tertiary/aromatic N) is 3.